The maximum absolute atomic E-state index is 12.3. The van der Waals surface area contributed by atoms with Crippen LogP contribution < -0.4 is 35.3 Å². The Kier molecular flexibility index (Phi) is 6.79. The summed E-state index contributed by atoms with van der Waals surface area (Å²) in [6.45, 7) is 0. The molecule has 0 saturated heterocycles. The van der Waals surface area contributed by atoms with Crippen molar-refractivity contribution in [3.05, 3.63) is 46.7 Å². The van der Waals surface area contributed by atoms with Crippen LogP contribution in [0.25, 0.3) is 0 Å². The minimum Gasteiger partial charge on any atom is -1.00 e. The molecule has 0 aromatic heterocycles. The van der Waals surface area contributed by atoms with Crippen LogP contribution in [0.3, 0.4) is 0 Å². The minimum absolute atomic E-state index is 0. The Labute approximate surface area is 136 Å². The SMILES string of the molecule is N#C/C(C(N)=O)=C(/O)Cc1ccc(C(F)(F)F)cc1.[H-].[Na+]. The number of benzene rings is 1. The Morgan fingerprint density at radius 3 is 2.20 bits per heavy atom. The molecule has 0 spiro atoms. The molecule has 1 rings (SSSR count). The van der Waals surface area contributed by atoms with Crippen LogP contribution >= 0.6 is 0 Å². The Bertz CT molecular complexity index is 565. The molecule has 0 heterocycles. The molecule has 20 heavy (non-hydrogen) atoms. The number of carbonyl (C=O) groups is 1. The second-order valence-electron chi connectivity index (χ2n) is 3.67. The maximum atomic E-state index is 12.3. The summed E-state index contributed by atoms with van der Waals surface area (Å²) in [4.78, 5) is 10.8. The molecule has 0 aliphatic rings. The molecule has 1 amide bonds. The van der Waals surface area contributed by atoms with Gasteiger partial charge in [0.25, 0.3) is 5.91 Å². The van der Waals surface area contributed by atoms with Crippen LogP contribution in [0.2, 0.25) is 0 Å². The largest absolute Gasteiger partial charge is 1.00 e. The summed E-state index contributed by atoms with van der Waals surface area (Å²) in [5.41, 5.74) is 3.74. The molecule has 0 aliphatic carbocycles. The van der Waals surface area contributed by atoms with Crippen molar-refractivity contribution in [2.75, 3.05) is 0 Å². The fourth-order valence-corrected chi connectivity index (χ4v) is 1.36. The van der Waals surface area contributed by atoms with Crippen LogP contribution in [0.4, 0.5) is 13.2 Å². The Morgan fingerprint density at radius 2 is 1.85 bits per heavy atom. The Hall–Kier alpha value is -1.49. The molecule has 1 aromatic rings. The van der Waals surface area contributed by atoms with Crippen LogP contribution in [0.5, 0.6) is 0 Å². The summed E-state index contributed by atoms with van der Waals surface area (Å²) >= 11 is 0. The summed E-state index contributed by atoms with van der Waals surface area (Å²) in [7, 11) is 0. The predicted molar refractivity (Wildman–Crippen MR) is 60.7 cm³/mol. The third-order valence-electron chi connectivity index (χ3n) is 2.30. The third-order valence-corrected chi connectivity index (χ3v) is 2.30. The van der Waals surface area contributed by atoms with Gasteiger partial charge in [-0.3, -0.25) is 4.79 Å². The van der Waals surface area contributed by atoms with E-state index in [9.17, 15) is 23.1 Å². The summed E-state index contributed by atoms with van der Waals surface area (Å²) in [6, 6.07) is 5.42. The second-order valence-corrected chi connectivity index (χ2v) is 3.67. The average molecular weight is 294 g/mol. The number of hydrogen-bond donors (Lipinski definition) is 2. The van der Waals surface area contributed by atoms with Crippen LogP contribution in [0.1, 0.15) is 12.6 Å². The van der Waals surface area contributed by atoms with Gasteiger partial charge in [0, 0.05) is 6.42 Å². The zero-order chi connectivity index (χ0) is 14.6. The molecular formula is C12H10F3N2NaO2. The number of nitrogens with zero attached hydrogens (tertiary/aromatic N) is 1. The van der Waals surface area contributed by atoms with E-state index in [-0.39, 0.29) is 37.4 Å². The summed E-state index contributed by atoms with van der Waals surface area (Å²) in [6.07, 6.45) is -4.69. The van der Waals surface area contributed by atoms with E-state index in [2.05, 4.69) is 0 Å². The predicted octanol–water partition coefficient (Wildman–Crippen LogP) is -0.815. The van der Waals surface area contributed by atoms with Crippen molar-refractivity contribution >= 4 is 5.91 Å². The molecule has 0 aliphatic heterocycles. The van der Waals surface area contributed by atoms with Crippen LogP contribution in [-0.2, 0) is 17.4 Å². The van der Waals surface area contributed by atoms with Crippen molar-refractivity contribution in [2.24, 2.45) is 5.73 Å². The van der Waals surface area contributed by atoms with Gasteiger partial charge in [0.15, 0.2) is 5.57 Å². The molecular weight excluding hydrogens is 284 g/mol. The standard InChI is InChI=1S/C12H9F3N2O2.Na.H/c13-12(14,15)8-3-1-7(2-4-8)5-10(18)9(6-16)11(17)19;;/h1-4,18H,5H2,(H2,17,19);;/q;+1;-1/b10-9-;;. The molecule has 4 nitrogen and oxygen atoms in total. The first-order chi connectivity index (χ1) is 8.75. The molecule has 0 radical (unpaired) electrons. The fourth-order valence-electron chi connectivity index (χ4n) is 1.36. The number of nitriles is 1. The number of rotatable bonds is 3. The number of amides is 1. The van der Waals surface area contributed by atoms with Gasteiger partial charge in [-0.05, 0) is 17.7 Å². The Balaban J connectivity index is 0. The average Bonchev–Trinajstić information content (AvgIpc) is 2.28. The van der Waals surface area contributed by atoms with Crippen LogP contribution in [-0.4, -0.2) is 11.0 Å². The quantitative estimate of drug-likeness (QED) is 0.331. The van der Waals surface area contributed by atoms with Crippen molar-refractivity contribution in [3.8, 4) is 6.07 Å². The van der Waals surface area contributed by atoms with E-state index >= 15 is 0 Å². The zero-order valence-electron chi connectivity index (χ0n) is 11.5. The number of primary amides is 1. The van der Waals surface area contributed by atoms with E-state index in [1.54, 1.807) is 0 Å². The van der Waals surface area contributed by atoms with E-state index in [1.807, 2.05) is 0 Å². The first-order valence-corrected chi connectivity index (χ1v) is 5.04. The zero-order valence-corrected chi connectivity index (χ0v) is 12.5. The van der Waals surface area contributed by atoms with Crippen molar-refractivity contribution in [3.63, 3.8) is 0 Å². The van der Waals surface area contributed by atoms with E-state index in [0.29, 0.717) is 5.56 Å². The van der Waals surface area contributed by atoms with Gasteiger partial charge in [-0.25, -0.2) is 0 Å². The fraction of sp³-hybridized carbons (Fsp3) is 0.167. The molecule has 1 aromatic carbocycles. The van der Waals surface area contributed by atoms with Gasteiger partial charge >= 0.3 is 35.7 Å². The number of allylic oxidation sites excluding steroid dienone is 1. The van der Waals surface area contributed by atoms with Crippen LogP contribution in [0, 0.1) is 11.3 Å². The summed E-state index contributed by atoms with van der Waals surface area (Å²) in [5.74, 6) is -1.67. The Morgan fingerprint density at radius 1 is 1.35 bits per heavy atom. The molecule has 0 fully saturated rings. The van der Waals surface area contributed by atoms with E-state index < -0.39 is 29.0 Å². The smallest absolute Gasteiger partial charge is 1.00 e. The van der Waals surface area contributed by atoms with Gasteiger partial charge in [0.05, 0.1) is 5.56 Å². The molecule has 0 saturated carbocycles. The molecule has 3 N–H and O–H groups in total. The number of halogens is 3. The first kappa shape index (κ1) is 18.5. The monoisotopic (exact) mass is 294 g/mol. The number of hydrogen-bond acceptors (Lipinski definition) is 3. The normalized spacial score (nSPS) is 11.9. The van der Waals surface area contributed by atoms with Gasteiger partial charge in [-0.1, -0.05) is 12.1 Å². The number of nitrogens with two attached hydrogens (primary N) is 1. The molecule has 102 valence electrons. The summed E-state index contributed by atoms with van der Waals surface area (Å²) in [5, 5.41) is 18.1. The molecule has 8 heteroatoms. The van der Waals surface area contributed by atoms with Crippen LogP contribution in [0.15, 0.2) is 35.6 Å². The second kappa shape index (κ2) is 7.33. The van der Waals surface area contributed by atoms with Gasteiger partial charge in [0.2, 0.25) is 0 Å². The number of alkyl halides is 3. The van der Waals surface area contributed by atoms with Gasteiger partial charge < -0.3 is 12.3 Å². The van der Waals surface area contributed by atoms with Gasteiger partial charge in [-0.2, -0.15) is 18.4 Å². The molecule has 0 atom stereocenters. The minimum atomic E-state index is -4.44. The van der Waals surface area contributed by atoms with E-state index in [4.69, 9.17) is 11.0 Å². The first-order valence-electron chi connectivity index (χ1n) is 5.04. The summed E-state index contributed by atoms with van der Waals surface area (Å²) < 4.78 is 36.9. The topological polar surface area (TPSA) is 87.1 Å². The van der Waals surface area contributed by atoms with Crippen molar-refractivity contribution < 1.29 is 54.1 Å². The van der Waals surface area contributed by atoms with E-state index in [1.165, 1.54) is 6.07 Å². The van der Waals surface area contributed by atoms with E-state index in [0.717, 1.165) is 24.3 Å². The number of carbonyl (C=O) groups excluding carboxylic acids is 1. The van der Waals surface area contributed by atoms with Crippen molar-refractivity contribution in [1.82, 2.24) is 0 Å². The van der Waals surface area contributed by atoms with Gasteiger partial charge in [0.1, 0.15) is 11.8 Å². The molecule has 0 bridgehead atoms. The third kappa shape index (κ3) is 4.89. The number of aliphatic hydroxyl groups excluding tert-OH is 1. The number of aliphatic hydroxyl groups is 1. The maximum Gasteiger partial charge on any atom is 1.00 e. The van der Waals surface area contributed by atoms with Gasteiger partial charge in [-0.15, -0.1) is 0 Å². The van der Waals surface area contributed by atoms with Crippen molar-refractivity contribution in [2.45, 2.75) is 12.6 Å². The molecule has 0 unspecified atom stereocenters. The van der Waals surface area contributed by atoms with Crippen molar-refractivity contribution in [1.29, 1.82) is 5.26 Å².